The molecule has 3 heteroatoms. The van der Waals surface area contributed by atoms with Gasteiger partial charge in [0.05, 0.1) is 5.41 Å². The molecule has 0 unspecified atom stereocenters. The number of hydrogen-bond donors (Lipinski definition) is 0. The summed E-state index contributed by atoms with van der Waals surface area (Å²) in [6.07, 6.45) is 0. The summed E-state index contributed by atoms with van der Waals surface area (Å²) in [6, 6.07) is 45.2. The Labute approximate surface area is 254 Å². The first-order valence-corrected chi connectivity index (χ1v) is 15.8. The second-order valence-electron chi connectivity index (χ2n) is 10.7. The summed E-state index contributed by atoms with van der Waals surface area (Å²) in [7, 11) is 0. The maximum Gasteiger partial charge on any atom is 0.0736 e. The fourth-order valence-corrected chi connectivity index (χ4v) is 9.50. The van der Waals surface area contributed by atoms with Crippen molar-refractivity contribution in [3.63, 3.8) is 0 Å². The highest BCUT2D eigenvalue weighted by Gasteiger charge is 2.52. The molecule has 0 bridgehead atoms. The van der Waals surface area contributed by atoms with Crippen molar-refractivity contribution in [1.82, 2.24) is 0 Å². The van der Waals surface area contributed by atoms with Gasteiger partial charge in [-0.3, -0.25) is 0 Å². The van der Waals surface area contributed by atoms with E-state index in [-0.39, 0.29) is 0 Å². The molecule has 0 amide bonds. The second kappa shape index (κ2) is 8.33. The zero-order valence-corrected chi connectivity index (χ0v) is 25.2. The molecule has 40 heavy (non-hydrogen) atoms. The van der Waals surface area contributed by atoms with Gasteiger partial charge in [-0.25, -0.2) is 0 Å². The molecule has 0 aromatic heterocycles. The Bertz CT molecular complexity index is 1920. The van der Waals surface area contributed by atoms with Gasteiger partial charge in [0.15, 0.2) is 0 Å². The number of benzene rings is 6. The fourth-order valence-electron chi connectivity index (χ4n) is 7.39. The molecule has 188 valence electrons. The minimum Gasteiger partial charge on any atom is -0.0894 e. The smallest absolute Gasteiger partial charge is 0.0736 e. The minimum absolute atomic E-state index is 0.436. The Morgan fingerprint density at radius 3 is 1.23 bits per heavy atom. The zero-order chi connectivity index (χ0) is 26.6. The molecule has 9 rings (SSSR count). The molecule has 2 aliphatic carbocycles. The fraction of sp³-hybridized carbons (Fsp3) is 0.0270. The van der Waals surface area contributed by atoms with E-state index in [9.17, 15) is 0 Å². The summed E-state index contributed by atoms with van der Waals surface area (Å²) in [5, 5.41) is 0. The summed E-state index contributed by atoms with van der Waals surface area (Å²) in [6.45, 7) is 0. The lowest BCUT2D eigenvalue weighted by molar-refractivity contribution is 0.721. The zero-order valence-electron chi connectivity index (χ0n) is 21.2. The van der Waals surface area contributed by atoms with E-state index in [1.807, 2.05) is 11.8 Å². The van der Waals surface area contributed by atoms with E-state index in [1.165, 1.54) is 76.6 Å². The highest BCUT2D eigenvalue weighted by Crippen LogP contribution is 2.66. The van der Waals surface area contributed by atoms with Crippen LogP contribution >= 0.6 is 43.6 Å². The largest absolute Gasteiger partial charge is 0.0894 e. The van der Waals surface area contributed by atoms with Crippen LogP contribution < -0.4 is 0 Å². The van der Waals surface area contributed by atoms with Gasteiger partial charge in [-0.15, -0.1) is 0 Å². The van der Waals surface area contributed by atoms with Crippen molar-refractivity contribution >= 4 is 43.6 Å². The number of rotatable bonds is 0. The van der Waals surface area contributed by atoms with E-state index in [0.29, 0.717) is 0 Å². The standard InChI is InChI=1S/C37H20Br2S/c38-21-17-27-25-11-3-1-9-23(25)24-10-2-4-12-26(24)28-18-22(39)20-32-36(28)35(27)31(19-21)37(32)29-13-5-7-15-33(29)40-34-16-8-6-14-30(34)37/h1-20H. The molecule has 0 atom stereocenters. The van der Waals surface area contributed by atoms with Crippen LogP contribution in [-0.2, 0) is 5.41 Å². The van der Waals surface area contributed by atoms with Crippen LogP contribution in [-0.4, -0.2) is 0 Å². The topological polar surface area (TPSA) is 0 Å². The van der Waals surface area contributed by atoms with Crippen molar-refractivity contribution in [2.45, 2.75) is 15.2 Å². The first-order chi connectivity index (χ1) is 19.7. The third-order valence-corrected chi connectivity index (χ3v) is 10.9. The monoisotopic (exact) mass is 654 g/mol. The molecule has 1 aliphatic heterocycles. The van der Waals surface area contributed by atoms with Gasteiger partial charge in [-0.05, 0) is 103 Å². The molecule has 0 fully saturated rings. The van der Waals surface area contributed by atoms with E-state index in [1.54, 1.807) is 0 Å². The summed E-state index contributed by atoms with van der Waals surface area (Å²) in [5.74, 6) is 0. The summed E-state index contributed by atoms with van der Waals surface area (Å²) < 4.78 is 2.21. The lowest BCUT2D eigenvalue weighted by Gasteiger charge is -2.39. The summed E-state index contributed by atoms with van der Waals surface area (Å²) in [4.78, 5) is 2.64. The van der Waals surface area contributed by atoms with Crippen molar-refractivity contribution in [2.24, 2.45) is 0 Å². The molecule has 1 spiro atoms. The van der Waals surface area contributed by atoms with Crippen molar-refractivity contribution in [3.8, 4) is 44.5 Å². The van der Waals surface area contributed by atoms with E-state index >= 15 is 0 Å². The highest BCUT2D eigenvalue weighted by atomic mass is 79.9. The summed E-state index contributed by atoms with van der Waals surface area (Å²) in [5.41, 5.74) is 15.3. The maximum atomic E-state index is 3.98. The molecular weight excluding hydrogens is 636 g/mol. The van der Waals surface area contributed by atoms with Crippen LogP contribution in [0.5, 0.6) is 0 Å². The third-order valence-electron chi connectivity index (χ3n) is 8.79. The molecule has 6 aromatic rings. The Morgan fingerprint density at radius 2 is 0.775 bits per heavy atom. The van der Waals surface area contributed by atoms with Crippen LogP contribution in [0.1, 0.15) is 22.3 Å². The first-order valence-electron chi connectivity index (χ1n) is 13.4. The average molecular weight is 656 g/mol. The molecule has 3 aliphatic rings. The average Bonchev–Trinajstić information content (AvgIpc) is 3.26. The molecule has 0 saturated carbocycles. The molecular formula is C37H20Br2S. The molecule has 0 nitrogen and oxygen atoms in total. The predicted octanol–water partition coefficient (Wildman–Crippen LogP) is 11.4. The van der Waals surface area contributed by atoms with Gasteiger partial charge in [-0.1, -0.05) is 129 Å². The quantitative estimate of drug-likeness (QED) is 0.157. The van der Waals surface area contributed by atoms with E-state index in [0.717, 1.165) is 8.95 Å². The van der Waals surface area contributed by atoms with Crippen LogP contribution in [0.3, 0.4) is 0 Å². The lowest BCUT2D eigenvalue weighted by atomic mass is 9.67. The van der Waals surface area contributed by atoms with Gasteiger partial charge in [0.2, 0.25) is 0 Å². The minimum atomic E-state index is -0.436. The van der Waals surface area contributed by atoms with E-state index in [2.05, 4.69) is 153 Å². The normalized spacial score (nSPS) is 14.3. The predicted molar refractivity (Wildman–Crippen MR) is 173 cm³/mol. The summed E-state index contributed by atoms with van der Waals surface area (Å²) >= 11 is 9.85. The molecule has 1 heterocycles. The first kappa shape index (κ1) is 23.3. The van der Waals surface area contributed by atoms with Crippen LogP contribution in [0.15, 0.2) is 140 Å². The maximum absolute atomic E-state index is 3.98. The Balaban J connectivity index is 1.58. The molecule has 0 radical (unpaired) electrons. The number of halogens is 2. The molecule has 6 aromatic carbocycles. The van der Waals surface area contributed by atoms with Gasteiger partial charge >= 0.3 is 0 Å². The van der Waals surface area contributed by atoms with E-state index in [4.69, 9.17) is 0 Å². The molecule has 0 N–H and O–H groups in total. The molecule has 0 saturated heterocycles. The number of fused-ring (bicyclic) bond motifs is 11. The Hall–Kier alpha value is -3.37. The van der Waals surface area contributed by atoms with Gasteiger partial charge in [-0.2, -0.15) is 0 Å². The van der Waals surface area contributed by atoms with Gasteiger partial charge in [0, 0.05) is 18.7 Å². The van der Waals surface area contributed by atoms with Crippen LogP contribution in [0, 0.1) is 0 Å². The van der Waals surface area contributed by atoms with Crippen molar-refractivity contribution < 1.29 is 0 Å². The van der Waals surface area contributed by atoms with E-state index < -0.39 is 5.41 Å². The second-order valence-corrected chi connectivity index (χ2v) is 13.6. The van der Waals surface area contributed by atoms with Crippen molar-refractivity contribution in [3.05, 3.63) is 153 Å². The van der Waals surface area contributed by atoms with Crippen molar-refractivity contribution in [2.75, 3.05) is 0 Å². The van der Waals surface area contributed by atoms with Crippen LogP contribution in [0.2, 0.25) is 0 Å². The van der Waals surface area contributed by atoms with Gasteiger partial charge in [0.25, 0.3) is 0 Å². The van der Waals surface area contributed by atoms with Gasteiger partial charge < -0.3 is 0 Å². The van der Waals surface area contributed by atoms with Crippen LogP contribution in [0.4, 0.5) is 0 Å². The number of hydrogen-bond acceptors (Lipinski definition) is 1. The SMILES string of the molecule is Brc1cc2c3c(c1)C1(c4ccccc4Sc4ccccc41)c1cc(Br)cc(c1-3)-c1ccccc1-c1ccccc1-2. The lowest BCUT2D eigenvalue weighted by Crippen LogP contribution is -2.32. The van der Waals surface area contributed by atoms with Crippen molar-refractivity contribution in [1.29, 1.82) is 0 Å². The Morgan fingerprint density at radius 1 is 0.400 bits per heavy atom. The Kier molecular flexibility index (Phi) is 4.86. The highest BCUT2D eigenvalue weighted by molar-refractivity contribution is 9.10. The van der Waals surface area contributed by atoms with Gasteiger partial charge in [0.1, 0.15) is 0 Å². The van der Waals surface area contributed by atoms with Crippen LogP contribution in [0.25, 0.3) is 44.5 Å². The third kappa shape index (κ3) is 2.88.